The highest BCUT2D eigenvalue weighted by Crippen LogP contribution is 2.15. The third-order valence-electron chi connectivity index (χ3n) is 3.43. The van der Waals surface area contributed by atoms with E-state index in [-0.39, 0.29) is 0 Å². The van der Waals surface area contributed by atoms with Gasteiger partial charge in [0.1, 0.15) is 0 Å². The fourth-order valence-electron chi connectivity index (χ4n) is 2.35. The average Bonchev–Trinajstić information content (AvgIpc) is 3.27. The van der Waals surface area contributed by atoms with Gasteiger partial charge in [-0.2, -0.15) is 0 Å². The van der Waals surface area contributed by atoms with Gasteiger partial charge in [0, 0.05) is 33.6 Å². The van der Waals surface area contributed by atoms with Crippen LogP contribution in [0, 0.1) is 0 Å². The Morgan fingerprint density at radius 3 is 2.17 bits per heavy atom. The number of hydrogen-bond donors (Lipinski definition) is 2. The fourth-order valence-corrected chi connectivity index (χ4v) is 2.35. The molecule has 0 unspecified atom stereocenters. The summed E-state index contributed by atoms with van der Waals surface area (Å²) in [7, 11) is 0. The monoisotopic (exact) mass is 320 g/mol. The van der Waals surface area contributed by atoms with Gasteiger partial charge in [-0.05, 0) is 18.2 Å². The maximum Gasteiger partial charge on any atom is 0.166 e. The van der Waals surface area contributed by atoms with Crippen molar-refractivity contribution in [2.45, 2.75) is 13.8 Å². The van der Waals surface area contributed by atoms with Gasteiger partial charge in [-0.15, -0.1) is 0 Å². The van der Waals surface area contributed by atoms with Crippen LogP contribution in [-0.4, -0.2) is 22.5 Å². The van der Waals surface area contributed by atoms with Gasteiger partial charge in [0.2, 0.25) is 0 Å². The Kier molecular flexibility index (Phi) is 6.08. The van der Waals surface area contributed by atoms with E-state index in [0.29, 0.717) is 5.69 Å². The van der Waals surface area contributed by atoms with Gasteiger partial charge in [0.05, 0.1) is 5.69 Å². The molecule has 4 heteroatoms. The molecule has 2 aromatic carbocycles. The Morgan fingerprint density at radius 2 is 1.50 bits per heavy atom. The first-order valence-electron chi connectivity index (χ1n) is 7.86. The van der Waals surface area contributed by atoms with E-state index in [2.05, 4.69) is 9.97 Å². The van der Waals surface area contributed by atoms with Crippen molar-refractivity contribution in [2.75, 3.05) is 0 Å². The molecule has 122 valence electrons. The number of benzene rings is 2. The molecule has 0 saturated heterocycles. The normalized spacial score (nSPS) is 9.58. The number of aldehydes is 2. The second kappa shape index (κ2) is 8.48. The highest BCUT2D eigenvalue weighted by Gasteiger charge is 1.98. The standard InChI is InChI=1S/2C9H7NO.C2H6/c11-6-7-5-10-9-4-2-1-3-8(7)9;11-6-8-5-7-3-1-2-4-9(7)10-8;1-2/h2*1-6,10H;1-2H3. The highest BCUT2D eigenvalue weighted by atomic mass is 16.1. The number of para-hydroxylation sites is 2. The van der Waals surface area contributed by atoms with Crippen LogP contribution in [0.5, 0.6) is 0 Å². The van der Waals surface area contributed by atoms with Crippen molar-refractivity contribution in [3.05, 3.63) is 72.1 Å². The molecule has 2 heterocycles. The number of H-pyrrole nitrogens is 2. The summed E-state index contributed by atoms with van der Waals surface area (Å²) in [5.41, 5.74) is 3.37. The summed E-state index contributed by atoms with van der Waals surface area (Å²) in [5, 5.41) is 2.07. The molecule has 0 radical (unpaired) electrons. The number of aromatic nitrogens is 2. The number of nitrogens with one attached hydrogen (secondary N) is 2. The van der Waals surface area contributed by atoms with E-state index in [1.165, 1.54) is 0 Å². The van der Waals surface area contributed by atoms with Gasteiger partial charge in [0.25, 0.3) is 0 Å². The summed E-state index contributed by atoms with van der Waals surface area (Å²) < 4.78 is 0. The molecule has 0 fully saturated rings. The summed E-state index contributed by atoms with van der Waals surface area (Å²) in [4.78, 5) is 26.8. The first-order valence-corrected chi connectivity index (χ1v) is 7.86. The molecule has 4 rings (SSSR count). The lowest BCUT2D eigenvalue weighted by Crippen LogP contribution is -1.73. The third kappa shape index (κ3) is 3.79. The lowest BCUT2D eigenvalue weighted by Gasteiger charge is -1.86. The zero-order valence-corrected chi connectivity index (χ0v) is 13.7. The zero-order valence-electron chi connectivity index (χ0n) is 13.7. The Balaban J connectivity index is 0.000000158. The van der Waals surface area contributed by atoms with Crippen molar-refractivity contribution in [3.8, 4) is 0 Å². The Labute approximate surface area is 140 Å². The van der Waals surface area contributed by atoms with Crippen molar-refractivity contribution in [1.82, 2.24) is 9.97 Å². The van der Waals surface area contributed by atoms with Crippen LogP contribution >= 0.6 is 0 Å². The molecule has 0 aliphatic carbocycles. The topological polar surface area (TPSA) is 65.7 Å². The molecule has 4 nitrogen and oxygen atoms in total. The van der Waals surface area contributed by atoms with E-state index in [0.717, 1.165) is 39.9 Å². The number of rotatable bonds is 2. The molecule has 0 spiro atoms. The first kappa shape index (κ1) is 17.2. The zero-order chi connectivity index (χ0) is 17.4. The number of carbonyl (C=O) groups excluding carboxylic acids is 2. The molecule has 24 heavy (non-hydrogen) atoms. The van der Waals surface area contributed by atoms with Crippen LogP contribution in [0.3, 0.4) is 0 Å². The summed E-state index contributed by atoms with van der Waals surface area (Å²) >= 11 is 0. The highest BCUT2D eigenvalue weighted by molar-refractivity contribution is 5.97. The largest absolute Gasteiger partial charge is 0.360 e. The van der Waals surface area contributed by atoms with Gasteiger partial charge in [-0.3, -0.25) is 9.59 Å². The maximum absolute atomic E-state index is 10.5. The molecule has 0 bridgehead atoms. The van der Waals surface area contributed by atoms with Crippen molar-refractivity contribution in [3.63, 3.8) is 0 Å². The van der Waals surface area contributed by atoms with E-state index in [1.807, 2.05) is 68.4 Å². The molecular weight excluding hydrogens is 300 g/mol. The van der Waals surface area contributed by atoms with Crippen molar-refractivity contribution in [1.29, 1.82) is 0 Å². The van der Waals surface area contributed by atoms with Gasteiger partial charge in [-0.1, -0.05) is 50.2 Å². The van der Waals surface area contributed by atoms with Crippen LogP contribution < -0.4 is 0 Å². The Bertz CT molecular complexity index is 894. The second-order valence-electron chi connectivity index (χ2n) is 4.84. The molecule has 2 aromatic heterocycles. The van der Waals surface area contributed by atoms with E-state index in [4.69, 9.17) is 0 Å². The number of hydrogen-bond acceptors (Lipinski definition) is 2. The number of aromatic amines is 2. The third-order valence-corrected chi connectivity index (χ3v) is 3.43. The molecule has 2 N–H and O–H groups in total. The van der Waals surface area contributed by atoms with Crippen LogP contribution in [0.2, 0.25) is 0 Å². The smallest absolute Gasteiger partial charge is 0.166 e. The van der Waals surface area contributed by atoms with Gasteiger partial charge in [0.15, 0.2) is 12.6 Å². The first-order chi connectivity index (χ1) is 11.8. The van der Waals surface area contributed by atoms with Crippen molar-refractivity contribution in [2.24, 2.45) is 0 Å². The minimum atomic E-state index is 0.631. The summed E-state index contributed by atoms with van der Waals surface area (Å²) in [6, 6.07) is 17.4. The second-order valence-corrected chi connectivity index (χ2v) is 4.84. The van der Waals surface area contributed by atoms with E-state index < -0.39 is 0 Å². The molecule has 4 aromatic rings. The van der Waals surface area contributed by atoms with Crippen LogP contribution in [0.25, 0.3) is 21.8 Å². The van der Waals surface area contributed by atoms with Gasteiger partial charge < -0.3 is 9.97 Å². The average molecular weight is 320 g/mol. The molecule has 0 atom stereocenters. The molecule has 0 aliphatic rings. The molecule has 0 aliphatic heterocycles. The lowest BCUT2D eigenvalue weighted by atomic mass is 10.2. The van der Waals surface area contributed by atoms with Crippen LogP contribution in [0.4, 0.5) is 0 Å². The van der Waals surface area contributed by atoms with E-state index in [1.54, 1.807) is 6.20 Å². The van der Waals surface area contributed by atoms with Crippen molar-refractivity contribution >= 4 is 34.4 Å². The summed E-state index contributed by atoms with van der Waals surface area (Å²) in [6.45, 7) is 4.00. The van der Waals surface area contributed by atoms with E-state index in [9.17, 15) is 9.59 Å². The molecule has 0 saturated carbocycles. The maximum atomic E-state index is 10.5. The Morgan fingerprint density at radius 1 is 0.833 bits per heavy atom. The van der Waals surface area contributed by atoms with Crippen LogP contribution in [0.15, 0.2) is 60.8 Å². The SMILES string of the molecule is CC.O=Cc1c[nH]c2ccccc12.O=Cc1cc2ccccc2[nH]1. The van der Waals surface area contributed by atoms with Gasteiger partial charge in [-0.25, -0.2) is 0 Å². The van der Waals surface area contributed by atoms with E-state index >= 15 is 0 Å². The summed E-state index contributed by atoms with van der Waals surface area (Å²) in [5.74, 6) is 0. The van der Waals surface area contributed by atoms with Crippen LogP contribution in [0.1, 0.15) is 34.7 Å². The number of fused-ring (bicyclic) bond motifs is 2. The van der Waals surface area contributed by atoms with Gasteiger partial charge >= 0.3 is 0 Å². The predicted octanol–water partition coefficient (Wildman–Crippen LogP) is 4.99. The van der Waals surface area contributed by atoms with Crippen LogP contribution in [-0.2, 0) is 0 Å². The minimum absolute atomic E-state index is 0.631. The fraction of sp³-hybridized carbons (Fsp3) is 0.100. The number of carbonyl (C=O) groups is 2. The molecule has 0 amide bonds. The van der Waals surface area contributed by atoms with Crippen molar-refractivity contribution < 1.29 is 9.59 Å². The lowest BCUT2D eigenvalue weighted by molar-refractivity contribution is 0.111. The minimum Gasteiger partial charge on any atom is -0.360 e. The molecular formula is C20H20N2O2. The Hall–Kier alpha value is -3.14. The quantitative estimate of drug-likeness (QED) is 0.511. The predicted molar refractivity (Wildman–Crippen MR) is 98.7 cm³/mol. The summed E-state index contributed by atoms with van der Waals surface area (Å²) in [6.07, 6.45) is 3.40.